The van der Waals surface area contributed by atoms with Crippen LogP contribution in [-0.4, -0.2) is 11.8 Å². The Bertz CT molecular complexity index is 531. The Morgan fingerprint density at radius 1 is 1.10 bits per heavy atom. The molecule has 0 saturated carbocycles. The average molecular weight is 372 g/mol. The van der Waals surface area contributed by atoms with E-state index in [2.05, 4.69) is 33.5 Å². The number of hydrogen-bond acceptors (Lipinski definition) is 3. The van der Waals surface area contributed by atoms with E-state index in [0.29, 0.717) is 0 Å². The van der Waals surface area contributed by atoms with Crippen molar-refractivity contribution in [1.29, 1.82) is 0 Å². The molecule has 0 fully saturated rings. The number of thioether (sulfide) groups is 1. The Balaban J connectivity index is 1.88. The fourth-order valence-electron chi connectivity index (χ4n) is 1.80. The van der Waals surface area contributed by atoms with Crippen LogP contribution in [0.1, 0.15) is 5.56 Å². The number of nitrogens with two attached hydrogens (primary N) is 1. The van der Waals surface area contributed by atoms with Crippen LogP contribution < -0.4 is 11.3 Å². The van der Waals surface area contributed by atoms with Crippen molar-refractivity contribution in [2.45, 2.75) is 17.4 Å². The number of benzene rings is 2. The third-order valence-electron chi connectivity index (χ3n) is 2.90. The van der Waals surface area contributed by atoms with Crippen LogP contribution in [0, 0.1) is 0 Å². The van der Waals surface area contributed by atoms with Crippen LogP contribution in [0.4, 0.5) is 0 Å². The summed E-state index contributed by atoms with van der Waals surface area (Å²) < 4.78 is 1.09. The first-order valence-electron chi connectivity index (χ1n) is 6.26. The van der Waals surface area contributed by atoms with Crippen molar-refractivity contribution in [3.63, 3.8) is 0 Å². The highest BCUT2D eigenvalue weighted by Gasteiger charge is 2.08. The van der Waals surface area contributed by atoms with Crippen molar-refractivity contribution in [3.05, 3.63) is 63.6 Å². The Morgan fingerprint density at radius 2 is 1.75 bits per heavy atom. The molecule has 0 bridgehead atoms. The van der Waals surface area contributed by atoms with E-state index in [9.17, 15) is 0 Å². The van der Waals surface area contributed by atoms with Gasteiger partial charge in [0.25, 0.3) is 0 Å². The molecule has 0 amide bonds. The maximum atomic E-state index is 5.89. The zero-order chi connectivity index (χ0) is 14.4. The molecule has 0 spiro atoms. The molecule has 1 unspecified atom stereocenters. The molecule has 20 heavy (non-hydrogen) atoms. The molecule has 0 radical (unpaired) electrons. The number of halogens is 2. The standard InChI is InChI=1S/C15H16BrClN2S/c16-12-3-7-15(8-4-12)20-10-14(19-18)9-11-1-5-13(17)6-2-11/h1-8,14,19H,9-10,18H2. The lowest BCUT2D eigenvalue weighted by Crippen LogP contribution is -2.38. The van der Waals surface area contributed by atoms with Gasteiger partial charge in [-0.3, -0.25) is 11.3 Å². The van der Waals surface area contributed by atoms with E-state index in [0.717, 1.165) is 21.7 Å². The molecule has 0 heterocycles. The topological polar surface area (TPSA) is 38.0 Å². The summed E-state index contributed by atoms with van der Waals surface area (Å²) in [7, 11) is 0. The summed E-state index contributed by atoms with van der Waals surface area (Å²) in [6.07, 6.45) is 0.886. The van der Waals surface area contributed by atoms with Gasteiger partial charge in [0.2, 0.25) is 0 Å². The molecule has 1 atom stereocenters. The molecule has 0 aliphatic rings. The van der Waals surface area contributed by atoms with Gasteiger partial charge in [-0.1, -0.05) is 39.7 Å². The molecule has 3 N–H and O–H groups in total. The summed E-state index contributed by atoms with van der Waals surface area (Å²) in [6, 6.07) is 16.4. The van der Waals surface area contributed by atoms with Crippen LogP contribution in [-0.2, 0) is 6.42 Å². The molecule has 5 heteroatoms. The van der Waals surface area contributed by atoms with Gasteiger partial charge in [-0.05, 0) is 48.4 Å². The monoisotopic (exact) mass is 370 g/mol. The molecule has 0 aliphatic carbocycles. The lowest BCUT2D eigenvalue weighted by atomic mass is 10.1. The van der Waals surface area contributed by atoms with Crippen LogP contribution >= 0.6 is 39.3 Å². The molecule has 2 nitrogen and oxygen atoms in total. The maximum absolute atomic E-state index is 5.89. The van der Waals surface area contributed by atoms with Crippen molar-refractivity contribution in [2.24, 2.45) is 5.84 Å². The minimum Gasteiger partial charge on any atom is -0.271 e. The first-order chi connectivity index (χ1) is 9.67. The highest BCUT2D eigenvalue weighted by atomic mass is 79.9. The lowest BCUT2D eigenvalue weighted by molar-refractivity contribution is 0.575. The van der Waals surface area contributed by atoms with Crippen LogP contribution in [0.25, 0.3) is 0 Å². The molecular formula is C15H16BrClN2S. The van der Waals surface area contributed by atoms with Gasteiger partial charge in [-0.2, -0.15) is 0 Å². The van der Waals surface area contributed by atoms with Crippen molar-refractivity contribution in [3.8, 4) is 0 Å². The zero-order valence-electron chi connectivity index (χ0n) is 10.9. The highest BCUT2D eigenvalue weighted by molar-refractivity contribution is 9.10. The van der Waals surface area contributed by atoms with E-state index in [-0.39, 0.29) is 6.04 Å². The molecule has 2 aromatic carbocycles. The fourth-order valence-corrected chi connectivity index (χ4v) is 3.13. The lowest BCUT2D eigenvalue weighted by Gasteiger charge is -2.15. The minimum atomic E-state index is 0.227. The predicted molar refractivity (Wildman–Crippen MR) is 91.1 cm³/mol. The van der Waals surface area contributed by atoms with Gasteiger partial charge in [-0.25, -0.2) is 0 Å². The first kappa shape index (κ1) is 15.9. The first-order valence-corrected chi connectivity index (χ1v) is 8.42. The summed E-state index contributed by atoms with van der Waals surface area (Å²) in [5, 5.41) is 0.759. The summed E-state index contributed by atoms with van der Waals surface area (Å²) in [5.74, 6) is 6.56. The van der Waals surface area contributed by atoms with Crippen LogP contribution in [0.15, 0.2) is 57.9 Å². The number of rotatable bonds is 6. The smallest absolute Gasteiger partial charge is 0.0406 e. The Hall–Kier alpha value is -0.520. The molecule has 0 aromatic heterocycles. The van der Waals surface area contributed by atoms with Gasteiger partial charge in [0.15, 0.2) is 0 Å². The highest BCUT2D eigenvalue weighted by Crippen LogP contribution is 2.22. The fraction of sp³-hybridized carbons (Fsp3) is 0.200. The minimum absolute atomic E-state index is 0.227. The van der Waals surface area contributed by atoms with Gasteiger partial charge in [0, 0.05) is 26.2 Å². The van der Waals surface area contributed by atoms with Gasteiger partial charge in [-0.15, -0.1) is 11.8 Å². The molecule has 0 saturated heterocycles. The van der Waals surface area contributed by atoms with Gasteiger partial charge in [0.05, 0.1) is 0 Å². The second-order valence-corrected chi connectivity index (χ2v) is 6.90. The Kier molecular flexibility index (Phi) is 6.39. The molecule has 106 valence electrons. The number of nitrogens with one attached hydrogen (secondary N) is 1. The largest absolute Gasteiger partial charge is 0.271 e. The summed E-state index contributed by atoms with van der Waals surface area (Å²) >= 11 is 11.1. The third-order valence-corrected chi connectivity index (χ3v) is 4.85. The van der Waals surface area contributed by atoms with Crippen molar-refractivity contribution in [1.82, 2.24) is 5.43 Å². The predicted octanol–water partition coefficient (Wildman–Crippen LogP) is 4.27. The summed E-state index contributed by atoms with van der Waals surface area (Å²) in [5.41, 5.74) is 4.11. The van der Waals surface area contributed by atoms with Gasteiger partial charge < -0.3 is 0 Å². The van der Waals surface area contributed by atoms with Crippen molar-refractivity contribution < 1.29 is 0 Å². The van der Waals surface area contributed by atoms with Gasteiger partial charge >= 0.3 is 0 Å². The van der Waals surface area contributed by atoms with E-state index in [1.165, 1.54) is 10.5 Å². The summed E-state index contributed by atoms with van der Waals surface area (Å²) in [6.45, 7) is 0. The van der Waals surface area contributed by atoms with Crippen LogP contribution in [0.5, 0.6) is 0 Å². The second-order valence-electron chi connectivity index (χ2n) is 4.46. The number of hydrogen-bond donors (Lipinski definition) is 2. The molecular weight excluding hydrogens is 356 g/mol. The number of hydrazine groups is 1. The summed E-state index contributed by atoms with van der Waals surface area (Å²) in [4.78, 5) is 1.24. The molecule has 2 aromatic rings. The normalized spacial score (nSPS) is 12.3. The molecule has 0 aliphatic heterocycles. The van der Waals surface area contributed by atoms with Gasteiger partial charge in [0.1, 0.15) is 0 Å². The quantitative estimate of drug-likeness (QED) is 0.452. The van der Waals surface area contributed by atoms with E-state index in [1.807, 2.05) is 36.4 Å². The van der Waals surface area contributed by atoms with E-state index in [4.69, 9.17) is 17.4 Å². The Labute approximate surface area is 137 Å². The van der Waals surface area contributed by atoms with E-state index in [1.54, 1.807) is 11.8 Å². The van der Waals surface area contributed by atoms with Crippen molar-refractivity contribution in [2.75, 3.05) is 5.75 Å². The zero-order valence-corrected chi connectivity index (χ0v) is 14.0. The average Bonchev–Trinajstić information content (AvgIpc) is 2.47. The Morgan fingerprint density at radius 3 is 2.35 bits per heavy atom. The third kappa shape index (κ3) is 5.11. The SMILES string of the molecule is NNC(CSc1ccc(Br)cc1)Cc1ccc(Cl)cc1. The maximum Gasteiger partial charge on any atom is 0.0406 e. The van der Waals surface area contributed by atoms with E-state index >= 15 is 0 Å². The van der Waals surface area contributed by atoms with Crippen molar-refractivity contribution >= 4 is 39.3 Å². The van der Waals surface area contributed by atoms with Crippen LogP contribution in [0.3, 0.4) is 0 Å². The van der Waals surface area contributed by atoms with Crippen LogP contribution in [0.2, 0.25) is 5.02 Å². The molecule has 2 rings (SSSR count). The second kappa shape index (κ2) is 8.05. The van der Waals surface area contributed by atoms with E-state index < -0.39 is 0 Å².